The van der Waals surface area contributed by atoms with Gasteiger partial charge >= 0.3 is 0 Å². The van der Waals surface area contributed by atoms with Crippen LogP contribution in [0.4, 0.5) is 4.39 Å². The van der Waals surface area contributed by atoms with Gasteiger partial charge in [0, 0.05) is 24.7 Å². The number of rotatable bonds is 14. The predicted octanol–water partition coefficient (Wildman–Crippen LogP) is 6.47. The Balaban J connectivity index is 0.00000334. The van der Waals surface area contributed by atoms with Crippen molar-refractivity contribution in [2.75, 3.05) is 19.6 Å². The molecule has 0 aromatic carbocycles. The van der Waals surface area contributed by atoms with E-state index in [-0.39, 0.29) is 24.3 Å². The van der Waals surface area contributed by atoms with Gasteiger partial charge in [0.15, 0.2) is 5.67 Å². The number of carbonyl (C=O) groups is 1. The SMILES string of the molecule is C=CC(=C/C)/C(=C\C(=C)/C(C=C)=N/C(=C\C)NCC1(F)CNC1)/C=C(/NC(=O)C1CC1)C(C)CC.CC. The van der Waals surface area contributed by atoms with Crippen LogP contribution in [0.2, 0.25) is 0 Å². The second kappa shape index (κ2) is 16.0. The lowest BCUT2D eigenvalue weighted by atomic mass is 9.96. The summed E-state index contributed by atoms with van der Waals surface area (Å²) in [6, 6.07) is 0. The summed E-state index contributed by atoms with van der Waals surface area (Å²) in [5.74, 6) is 0.941. The van der Waals surface area contributed by atoms with Gasteiger partial charge in [0.1, 0.15) is 5.82 Å². The highest BCUT2D eigenvalue weighted by atomic mass is 19.1. The lowest BCUT2D eigenvalue weighted by Gasteiger charge is -2.35. The third-order valence-corrected chi connectivity index (χ3v) is 6.37. The van der Waals surface area contributed by atoms with Gasteiger partial charge in [-0.25, -0.2) is 9.38 Å². The van der Waals surface area contributed by atoms with Crippen LogP contribution in [0, 0.1) is 11.8 Å². The van der Waals surface area contributed by atoms with Crippen molar-refractivity contribution < 1.29 is 9.18 Å². The summed E-state index contributed by atoms with van der Waals surface area (Å²) in [5.41, 5.74) is 2.62. The molecule has 0 aromatic rings. The first-order chi connectivity index (χ1) is 17.7. The van der Waals surface area contributed by atoms with Crippen LogP contribution in [-0.4, -0.2) is 36.9 Å². The van der Waals surface area contributed by atoms with E-state index < -0.39 is 5.67 Å². The van der Waals surface area contributed by atoms with Crippen LogP contribution in [0.25, 0.3) is 0 Å². The number of halogens is 1. The molecule has 0 spiro atoms. The first-order valence-corrected chi connectivity index (χ1v) is 13.4. The lowest BCUT2D eigenvalue weighted by Crippen LogP contribution is -2.60. The predicted molar refractivity (Wildman–Crippen MR) is 157 cm³/mol. The molecule has 0 bridgehead atoms. The molecule has 0 radical (unpaired) electrons. The van der Waals surface area contributed by atoms with E-state index in [4.69, 9.17) is 0 Å². The molecule has 1 amide bonds. The standard InChI is InChI=1S/C29H41FN4O.C2H6/c1-8-20(6)26(34-28(35)23-13-14-23)16-24(22(9-2)10-3)15-21(7)25(11-4)33-27(12-5)32-19-29(30)17-31-18-29;1-2/h9-12,15-16,20,23,31-32H,2,4,7-8,13-14,17-19H2,1,3,5-6H3,(H,34,35);1-2H3/b22-10-,24-15-,26-16+,27-12-,33-25+;. The van der Waals surface area contributed by atoms with E-state index >= 15 is 0 Å². The maximum absolute atomic E-state index is 14.4. The number of hydrogen-bond donors (Lipinski definition) is 3. The van der Waals surface area contributed by atoms with Crippen LogP contribution in [0.1, 0.15) is 60.8 Å². The van der Waals surface area contributed by atoms with Crippen molar-refractivity contribution in [1.82, 2.24) is 16.0 Å². The topological polar surface area (TPSA) is 65.5 Å². The zero-order valence-electron chi connectivity index (χ0n) is 23.7. The van der Waals surface area contributed by atoms with Gasteiger partial charge in [0.25, 0.3) is 0 Å². The molecule has 6 heteroatoms. The number of alkyl halides is 1. The van der Waals surface area contributed by atoms with E-state index in [0.717, 1.165) is 36.1 Å². The summed E-state index contributed by atoms with van der Waals surface area (Å²) in [6.45, 7) is 24.9. The number of nitrogens with one attached hydrogen (secondary N) is 3. The van der Waals surface area contributed by atoms with Crippen molar-refractivity contribution in [1.29, 1.82) is 0 Å². The van der Waals surface area contributed by atoms with Gasteiger partial charge in [-0.2, -0.15) is 0 Å². The van der Waals surface area contributed by atoms with Crippen molar-refractivity contribution in [3.63, 3.8) is 0 Å². The fourth-order valence-corrected chi connectivity index (χ4v) is 3.51. The molecule has 2 rings (SSSR count). The van der Waals surface area contributed by atoms with Crippen molar-refractivity contribution in [2.24, 2.45) is 16.8 Å². The fraction of sp³-hybridized carbons (Fsp3) is 0.484. The van der Waals surface area contributed by atoms with Crippen molar-refractivity contribution in [2.45, 2.75) is 66.5 Å². The molecule has 1 aliphatic heterocycles. The van der Waals surface area contributed by atoms with Gasteiger partial charge in [0.05, 0.1) is 12.3 Å². The summed E-state index contributed by atoms with van der Waals surface area (Å²) in [5, 5.41) is 9.18. The molecule has 0 aromatic heterocycles. The Kier molecular flexibility index (Phi) is 13.8. The number of aliphatic imine (C=N–C) groups is 1. The number of hydrogen-bond acceptors (Lipinski definition) is 4. The zero-order valence-corrected chi connectivity index (χ0v) is 23.7. The van der Waals surface area contributed by atoms with Crippen molar-refractivity contribution in [3.8, 4) is 0 Å². The number of amides is 1. The van der Waals surface area contributed by atoms with Crippen LogP contribution < -0.4 is 16.0 Å². The lowest BCUT2D eigenvalue weighted by molar-refractivity contribution is -0.121. The number of carbonyl (C=O) groups excluding carboxylic acids is 1. The first kappa shape index (κ1) is 32.0. The molecule has 1 saturated heterocycles. The highest BCUT2D eigenvalue weighted by Gasteiger charge is 2.36. The Bertz CT molecular complexity index is 975. The first-order valence-electron chi connectivity index (χ1n) is 13.4. The zero-order chi connectivity index (χ0) is 28.0. The van der Waals surface area contributed by atoms with Gasteiger partial charge < -0.3 is 16.0 Å². The molecule has 3 N–H and O–H groups in total. The van der Waals surface area contributed by atoms with Crippen LogP contribution in [0.5, 0.6) is 0 Å². The monoisotopic (exact) mass is 510 g/mol. The van der Waals surface area contributed by atoms with Crippen molar-refractivity contribution >= 4 is 11.6 Å². The van der Waals surface area contributed by atoms with E-state index in [1.54, 1.807) is 18.2 Å². The summed E-state index contributed by atoms with van der Waals surface area (Å²) in [4.78, 5) is 17.1. The highest BCUT2D eigenvalue weighted by molar-refractivity contribution is 6.10. The van der Waals surface area contributed by atoms with Gasteiger partial charge in [0.2, 0.25) is 5.91 Å². The molecule has 37 heavy (non-hydrogen) atoms. The van der Waals surface area contributed by atoms with E-state index in [9.17, 15) is 9.18 Å². The Morgan fingerprint density at radius 1 is 1.14 bits per heavy atom. The quantitative estimate of drug-likeness (QED) is 0.185. The summed E-state index contributed by atoms with van der Waals surface area (Å²) >= 11 is 0. The van der Waals surface area contributed by atoms with Crippen LogP contribution in [0.15, 0.2) is 89.4 Å². The molecular weight excluding hydrogens is 463 g/mol. The van der Waals surface area contributed by atoms with Crippen LogP contribution in [-0.2, 0) is 4.79 Å². The van der Waals surface area contributed by atoms with Gasteiger partial charge in [-0.05, 0) is 80.1 Å². The Labute approximate surface area is 224 Å². The Morgan fingerprint density at radius 2 is 1.78 bits per heavy atom. The number of allylic oxidation sites excluding steroid dienone is 10. The van der Waals surface area contributed by atoms with E-state index in [1.807, 2.05) is 45.9 Å². The second-order valence-corrected chi connectivity index (χ2v) is 9.23. The smallest absolute Gasteiger partial charge is 0.227 e. The second-order valence-electron chi connectivity index (χ2n) is 9.23. The Morgan fingerprint density at radius 3 is 2.22 bits per heavy atom. The average Bonchev–Trinajstić information content (AvgIpc) is 3.74. The van der Waals surface area contributed by atoms with E-state index in [0.29, 0.717) is 30.2 Å². The molecule has 5 nitrogen and oxygen atoms in total. The normalized spacial score (nSPS) is 19.1. The maximum Gasteiger partial charge on any atom is 0.227 e. The summed E-state index contributed by atoms with van der Waals surface area (Å²) < 4.78 is 14.4. The number of nitrogens with zero attached hydrogens (tertiary/aromatic N) is 1. The Hall–Kier alpha value is -2.99. The molecular formula is C31H47FN4O. The van der Waals surface area contributed by atoms with Gasteiger partial charge in [-0.3, -0.25) is 4.79 Å². The van der Waals surface area contributed by atoms with E-state index in [1.165, 1.54) is 0 Å². The third-order valence-electron chi connectivity index (χ3n) is 6.37. The van der Waals surface area contributed by atoms with E-state index in [2.05, 4.69) is 54.5 Å². The molecule has 1 atom stereocenters. The summed E-state index contributed by atoms with van der Waals surface area (Å²) in [7, 11) is 0. The molecule has 1 aliphatic carbocycles. The minimum Gasteiger partial charge on any atom is -0.367 e. The molecule has 1 unspecified atom stereocenters. The third kappa shape index (κ3) is 10.1. The molecule has 204 valence electrons. The minimum absolute atomic E-state index is 0.0831. The average molecular weight is 511 g/mol. The fourth-order valence-electron chi connectivity index (χ4n) is 3.51. The van der Waals surface area contributed by atoms with Crippen molar-refractivity contribution in [3.05, 3.63) is 84.4 Å². The molecule has 1 heterocycles. The highest BCUT2D eigenvalue weighted by Crippen LogP contribution is 2.30. The van der Waals surface area contributed by atoms with Crippen LogP contribution in [0.3, 0.4) is 0 Å². The van der Waals surface area contributed by atoms with Crippen LogP contribution >= 0.6 is 0 Å². The molecule has 2 fully saturated rings. The minimum atomic E-state index is -1.25. The summed E-state index contributed by atoms with van der Waals surface area (Å²) in [6.07, 6.45) is 13.9. The maximum atomic E-state index is 14.4. The molecule has 2 aliphatic rings. The largest absolute Gasteiger partial charge is 0.367 e. The molecule has 1 saturated carbocycles. The van der Waals surface area contributed by atoms with Gasteiger partial charge in [-0.1, -0.05) is 59.6 Å². The van der Waals surface area contributed by atoms with Gasteiger partial charge in [-0.15, -0.1) is 0 Å².